The molecule has 0 spiro atoms. The molecule has 0 saturated carbocycles. The van der Waals surface area contributed by atoms with Gasteiger partial charge in [0.15, 0.2) is 9.84 Å². The highest BCUT2D eigenvalue weighted by Crippen LogP contribution is 2.09. The summed E-state index contributed by atoms with van der Waals surface area (Å²) in [5.41, 5.74) is 0.762. The average Bonchev–Trinajstić information content (AvgIpc) is 2.14. The summed E-state index contributed by atoms with van der Waals surface area (Å²) in [5, 5.41) is 0. The maximum Gasteiger partial charge on any atom is 0.175 e. The van der Waals surface area contributed by atoms with Crippen molar-refractivity contribution < 1.29 is 8.42 Å². The van der Waals surface area contributed by atoms with E-state index in [1.54, 1.807) is 12.1 Å². The molecule has 0 heterocycles. The number of alkyl halides is 1. The van der Waals surface area contributed by atoms with Crippen LogP contribution < -0.4 is 0 Å². The third kappa shape index (κ3) is 3.06. The number of sulfone groups is 1. The molecule has 2 nitrogen and oxygen atoms in total. The molecule has 0 aliphatic heterocycles. The highest BCUT2D eigenvalue weighted by atomic mass is 35.5. The van der Waals surface area contributed by atoms with Gasteiger partial charge in [-0.25, -0.2) is 8.42 Å². The molecule has 0 aliphatic rings. The van der Waals surface area contributed by atoms with Gasteiger partial charge in [-0.1, -0.05) is 11.8 Å². The van der Waals surface area contributed by atoms with Gasteiger partial charge >= 0.3 is 0 Å². The maximum atomic E-state index is 11.1. The summed E-state index contributed by atoms with van der Waals surface area (Å²) in [7, 11) is -3.11. The molecule has 0 saturated heterocycles. The largest absolute Gasteiger partial charge is 0.224 e. The predicted molar refractivity (Wildman–Crippen MR) is 57.1 cm³/mol. The van der Waals surface area contributed by atoms with Gasteiger partial charge in [-0.2, -0.15) is 0 Å². The number of halogens is 1. The van der Waals surface area contributed by atoms with Gasteiger partial charge in [0, 0.05) is 11.8 Å². The van der Waals surface area contributed by atoms with E-state index in [4.69, 9.17) is 11.6 Å². The van der Waals surface area contributed by atoms with Crippen LogP contribution in [0.5, 0.6) is 0 Å². The van der Waals surface area contributed by atoms with E-state index < -0.39 is 9.84 Å². The lowest BCUT2D eigenvalue weighted by atomic mass is 10.2. The van der Waals surface area contributed by atoms with Gasteiger partial charge in [0.25, 0.3) is 0 Å². The molecule has 4 heteroatoms. The quantitative estimate of drug-likeness (QED) is 0.542. The molecule has 0 aromatic heterocycles. The summed E-state index contributed by atoms with van der Waals surface area (Å²) >= 11 is 5.39. The molecule has 0 atom stereocenters. The molecule has 1 rings (SSSR count). The SMILES string of the molecule is CS(=O)(=O)c1ccc(C#CCCl)cc1. The Morgan fingerprint density at radius 3 is 2.29 bits per heavy atom. The fraction of sp³-hybridized carbons (Fsp3) is 0.200. The Morgan fingerprint density at radius 1 is 1.29 bits per heavy atom. The zero-order chi connectivity index (χ0) is 10.6. The van der Waals surface area contributed by atoms with Crippen molar-refractivity contribution in [1.82, 2.24) is 0 Å². The van der Waals surface area contributed by atoms with Crippen molar-refractivity contribution in [3.63, 3.8) is 0 Å². The summed E-state index contributed by atoms with van der Waals surface area (Å²) in [6, 6.07) is 6.40. The van der Waals surface area contributed by atoms with Crippen LogP contribution >= 0.6 is 11.6 Å². The second kappa shape index (κ2) is 4.50. The molecule has 0 fully saturated rings. The maximum absolute atomic E-state index is 11.1. The van der Waals surface area contributed by atoms with E-state index in [1.165, 1.54) is 18.4 Å². The smallest absolute Gasteiger partial charge is 0.175 e. The van der Waals surface area contributed by atoms with Crippen molar-refractivity contribution in [2.24, 2.45) is 0 Å². The van der Waals surface area contributed by atoms with E-state index in [-0.39, 0.29) is 5.88 Å². The van der Waals surface area contributed by atoms with E-state index in [0.29, 0.717) is 4.90 Å². The first-order valence-electron chi connectivity index (χ1n) is 3.89. The number of hydrogen-bond acceptors (Lipinski definition) is 2. The van der Waals surface area contributed by atoms with Crippen LogP contribution in [0.2, 0.25) is 0 Å². The molecule has 0 bridgehead atoms. The van der Waals surface area contributed by atoms with Crippen LogP contribution in [0.4, 0.5) is 0 Å². The highest BCUT2D eigenvalue weighted by molar-refractivity contribution is 7.90. The summed E-state index contributed by atoms with van der Waals surface area (Å²) in [5.74, 6) is 5.76. The van der Waals surface area contributed by atoms with E-state index in [1.807, 2.05) is 0 Å². The van der Waals surface area contributed by atoms with E-state index in [2.05, 4.69) is 11.8 Å². The van der Waals surface area contributed by atoms with Gasteiger partial charge in [-0.3, -0.25) is 0 Å². The van der Waals surface area contributed by atoms with Crippen LogP contribution in [0.15, 0.2) is 29.2 Å². The molecule has 1 aromatic rings. The minimum atomic E-state index is -3.11. The van der Waals surface area contributed by atoms with Crippen molar-refractivity contribution >= 4 is 21.4 Å². The minimum absolute atomic E-state index is 0.272. The molecule has 0 unspecified atom stereocenters. The zero-order valence-electron chi connectivity index (χ0n) is 7.62. The Balaban J connectivity index is 3.01. The molecular formula is C10H9ClO2S. The van der Waals surface area contributed by atoms with Gasteiger partial charge in [-0.15, -0.1) is 11.6 Å². The van der Waals surface area contributed by atoms with Gasteiger partial charge < -0.3 is 0 Å². The van der Waals surface area contributed by atoms with Crippen LogP contribution in [0.25, 0.3) is 0 Å². The monoisotopic (exact) mass is 228 g/mol. The molecule has 1 aromatic carbocycles. The molecule has 14 heavy (non-hydrogen) atoms. The molecule has 0 N–H and O–H groups in total. The van der Waals surface area contributed by atoms with Crippen molar-refractivity contribution in [1.29, 1.82) is 0 Å². The first-order chi connectivity index (χ1) is 6.54. The van der Waals surface area contributed by atoms with E-state index >= 15 is 0 Å². The van der Waals surface area contributed by atoms with E-state index in [0.717, 1.165) is 5.56 Å². The Bertz CT molecular complexity index is 463. The average molecular weight is 229 g/mol. The van der Waals surface area contributed by atoms with Crippen molar-refractivity contribution in [2.45, 2.75) is 4.90 Å². The van der Waals surface area contributed by atoms with Crippen LogP contribution in [0, 0.1) is 11.8 Å². The van der Waals surface area contributed by atoms with Crippen LogP contribution in [-0.2, 0) is 9.84 Å². The lowest BCUT2D eigenvalue weighted by Crippen LogP contribution is -1.96. The summed E-state index contributed by atoms with van der Waals surface area (Å²) in [6.45, 7) is 0. The topological polar surface area (TPSA) is 34.1 Å². The number of benzene rings is 1. The number of rotatable bonds is 1. The van der Waals surface area contributed by atoms with E-state index in [9.17, 15) is 8.42 Å². The number of hydrogen-bond donors (Lipinski definition) is 0. The van der Waals surface area contributed by atoms with Crippen molar-refractivity contribution in [2.75, 3.05) is 12.1 Å². The second-order valence-electron chi connectivity index (χ2n) is 2.73. The minimum Gasteiger partial charge on any atom is -0.224 e. The van der Waals surface area contributed by atoms with Crippen molar-refractivity contribution in [3.05, 3.63) is 29.8 Å². The zero-order valence-corrected chi connectivity index (χ0v) is 9.19. The van der Waals surface area contributed by atoms with Crippen molar-refractivity contribution in [3.8, 4) is 11.8 Å². The third-order valence-corrected chi connectivity index (χ3v) is 2.84. The normalized spacial score (nSPS) is 10.4. The molecule has 0 amide bonds. The van der Waals surface area contributed by atoms with Crippen LogP contribution in [0.3, 0.4) is 0 Å². The Hall–Kier alpha value is -0.980. The fourth-order valence-electron chi connectivity index (χ4n) is 0.921. The lowest BCUT2D eigenvalue weighted by Gasteiger charge is -1.96. The lowest BCUT2D eigenvalue weighted by molar-refractivity contribution is 0.602. The first kappa shape index (κ1) is 11.1. The summed E-state index contributed by atoms with van der Waals surface area (Å²) < 4.78 is 22.2. The first-order valence-corrected chi connectivity index (χ1v) is 6.31. The standard InChI is InChI=1S/C10H9ClO2S/c1-14(12,13)10-6-4-9(5-7-10)3-2-8-11/h4-7H,8H2,1H3. The van der Waals surface area contributed by atoms with Gasteiger partial charge in [-0.05, 0) is 24.3 Å². The Kier molecular flexibility index (Phi) is 3.56. The molecule has 0 aliphatic carbocycles. The summed E-state index contributed by atoms with van der Waals surface area (Å²) in [6.07, 6.45) is 1.17. The Labute approximate surface area is 88.8 Å². The van der Waals surface area contributed by atoms with Gasteiger partial charge in [0.1, 0.15) is 0 Å². The van der Waals surface area contributed by atoms with Gasteiger partial charge in [0.2, 0.25) is 0 Å². The van der Waals surface area contributed by atoms with Crippen LogP contribution in [-0.4, -0.2) is 20.6 Å². The molecule has 0 radical (unpaired) electrons. The Morgan fingerprint density at radius 2 is 1.86 bits per heavy atom. The fourth-order valence-corrected chi connectivity index (χ4v) is 1.62. The second-order valence-corrected chi connectivity index (χ2v) is 5.01. The predicted octanol–water partition coefficient (Wildman–Crippen LogP) is 1.68. The van der Waals surface area contributed by atoms with Gasteiger partial charge in [0.05, 0.1) is 10.8 Å². The highest BCUT2D eigenvalue weighted by Gasteiger charge is 2.04. The van der Waals surface area contributed by atoms with Crippen LogP contribution in [0.1, 0.15) is 5.56 Å². The summed E-state index contributed by atoms with van der Waals surface area (Å²) in [4.78, 5) is 0.300. The molecule has 74 valence electrons. The molecular weight excluding hydrogens is 220 g/mol. The third-order valence-electron chi connectivity index (χ3n) is 1.58.